The van der Waals surface area contributed by atoms with Crippen molar-refractivity contribution >= 4 is 50.1 Å². The Morgan fingerprint density at radius 1 is 1.10 bits per heavy atom. The molecule has 0 saturated heterocycles. The van der Waals surface area contributed by atoms with E-state index in [2.05, 4.69) is 50.7 Å². The molecule has 0 aliphatic heterocycles. The van der Waals surface area contributed by atoms with Gasteiger partial charge < -0.3 is 4.74 Å². The normalized spacial score (nSPS) is 12.5. The van der Waals surface area contributed by atoms with Crippen molar-refractivity contribution in [2.45, 2.75) is 25.3 Å². The highest BCUT2D eigenvalue weighted by Crippen LogP contribution is 2.35. The number of ether oxygens (including phenoxy) is 1. The zero-order valence-electron chi connectivity index (χ0n) is 11.2. The van der Waals surface area contributed by atoms with Crippen molar-refractivity contribution in [3.8, 4) is 5.75 Å². The lowest BCUT2D eigenvalue weighted by atomic mass is 10.0. The van der Waals surface area contributed by atoms with Gasteiger partial charge in [-0.1, -0.05) is 28.1 Å². The molecule has 0 spiro atoms. The summed E-state index contributed by atoms with van der Waals surface area (Å²) in [6.45, 7) is 4.03. The number of hydrogen-bond acceptors (Lipinski definition) is 1. The van der Waals surface area contributed by atoms with Crippen molar-refractivity contribution < 1.29 is 4.74 Å². The van der Waals surface area contributed by atoms with Crippen LogP contribution in [-0.2, 0) is 0 Å². The molecule has 0 aliphatic carbocycles. The fourth-order valence-electron chi connectivity index (χ4n) is 1.88. The summed E-state index contributed by atoms with van der Waals surface area (Å²) < 4.78 is 7.84. The maximum Gasteiger partial charge on any atom is 0.119 e. The van der Waals surface area contributed by atoms with Gasteiger partial charge in [0.25, 0.3) is 0 Å². The highest BCUT2D eigenvalue weighted by Gasteiger charge is 2.14. The van der Waals surface area contributed by atoms with Crippen LogP contribution in [0.2, 0.25) is 0 Å². The molecule has 0 saturated carbocycles. The lowest BCUT2D eigenvalue weighted by Gasteiger charge is -2.14. The predicted molar refractivity (Wildman–Crippen MR) is 96.8 cm³/mol. The molecule has 1 unspecified atom stereocenters. The van der Waals surface area contributed by atoms with Crippen LogP contribution < -0.4 is 4.74 Å². The van der Waals surface area contributed by atoms with Gasteiger partial charge in [-0.2, -0.15) is 0 Å². The average molecular weight is 466 g/mol. The van der Waals surface area contributed by atoms with E-state index >= 15 is 0 Å². The highest BCUT2D eigenvalue weighted by atomic mass is 127. The summed E-state index contributed by atoms with van der Waals surface area (Å²) in [4.78, 5) is 0. The molecule has 2 aromatic rings. The van der Waals surface area contributed by atoms with Gasteiger partial charge in [-0.15, -0.1) is 11.6 Å². The summed E-state index contributed by atoms with van der Waals surface area (Å²) in [7, 11) is 0. The quantitative estimate of drug-likeness (QED) is 0.388. The molecule has 1 atom stereocenters. The third-order valence-electron chi connectivity index (χ3n) is 2.78. The molecule has 4 heteroatoms. The van der Waals surface area contributed by atoms with Crippen LogP contribution in [0.1, 0.15) is 30.4 Å². The van der Waals surface area contributed by atoms with E-state index < -0.39 is 0 Å². The summed E-state index contributed by atoms with van der Waals surface area (Å²) in [5.74, 6) is 0.870. The minimum Gasteiger partial charge on any atom is -0.491 e. The summed E-state index contributed by atoms with van der Waals surface area (Å²) in [6, 6.07) is 14.1. The minimum atomic E-state index is -0.174. The monoisotopic (exact) mass is 464 g/mol. The second kappa shape index (κ2) is 7.14. The smallest absolute Gasteiger partial charge is 0.119 e. The van der Waals surface area contributed by atoms with Crippen molar-refractivity contribution in [3.05, 3.63) is 61.6 Å². The van der Waals surface area contributed by atoms with Crippen LogP contribution in [0.3, 0.4) is 0 Å². The van der Waals surface area contributed by atoms with E-state index in [1.165, 1.54) is 3.57 Å². The van der Waals surface area contributed by atoms with Crippen LogP contribution in [0.5, 0.6) is 5.75 Å². The average Bonchev–Trinajstić information content (AvgIpc) is 2.41. The number of rotatable bonds is 4. The molecule has 0 fully saturated rings. The van der Waals surface area contributed by atoms with Crippen LogP contribution in [0, 0.1) is 3.57 Å². The lowest BCUT2D eigenvalue weighted by molar-refractivity contribution is 0.242. The Balaban J connectivity index is 2.24. The van der Waals surface area contributed by atoms with Crippen molar-refractivity contribution in [1.82, 2.24) is 0 Å². The SMILES string of the molecule is CC(C)Oc1ccc(C(Cl)c2cc(I)ccc2Br)cc1. The zero-order chi connectivity index (χ0) is 14.7. The van der Waals surface area contributed by atoms with E-state index in [0.717, 1.165) is 21.3 Å². The van der Waals surface area contributed by atoms with E-state index in [9.17, 15) is 0 Å². The first kappa shape index (κ1) is 16.1. The molecule has 0 aromatic heterocycles. The first-order valence-electron chi connectivity index (χ1n) is 6.33. The first-order chi connectivity index (χ1) is 9.47. The van der Waals surface area contributed by atoms with E-state index in [1.54, 1.807) is 0 Å². The van der Waals surface area contributed by atoms with E-state index in [-0.39, 0.29) is 11.5 Å². The second-order valence-corrected chi connectivity index (χ2v) is 7.30. The Bertz CT molecular complexity index is 584. The molecule has 0 aliphatic rings. The topological polar surface area (TPSA) is 9.23 Å². The van der Waals surface area contributed by atoms with Gasteiger partial charge in [-0.25, -0.2) is 0 Å². The summed E-state index contributed by atoms with van der Waals surface area (Å²) in [5, 5.41) is -0.174. The molecule has 0 radical (unpaired) electrons. The lowest BCUT2D eigenvalue weighted by Crippen LogP contribution is -2.05. The number of alkyl halides is 1. The van der Waals surface area contributed by atoms with Crippen molar-refractivity contribution in [2.24, 2.45) is 0 Å². The van der Waals surface area contributed by atoms with Crippen molar-refractivity contribution in [3.63, 3.8) is 0 Å². The number of halogens is 3. The van der Waals surface area contributed by atoms with Gasteiger partial charge in [-0.3, -0.25) is 0 Å². The molecule has 2 rings (SSSR count). The van der Waals surface area contributed by atoms with Gasteiger partial charge >= 0.3 is 0 Å². The summed E-state index contributed by atoms with van der Waals surface area (Å²) in [6.07, 6.45) is 0.178. The number of benzene rings is 2. The molecule has 106 valence electrons. The van der Waals surface area contributed by atoms with Gasteiger partial charge in [0, 0.05) is 8.04 Å². The Kier molecular flexibility index (Phi) is 5.75. The molecule has 20 heavy (non-hydrogen) atoms. The highest BCUT2D eigenvalue weighted by molar-refractivity contribution is 14.1. The third kappa shape index (κ3) is 4.12. The molecule has 0 bridgehead atoms. The van der Waals surface area contributed by atoms with E-state index in [4.69, 9.17) is 16.3 Å². The van der Waals surface area contributed by atoms with E-state index in [1.807, 2.05) is 44.2 Å². The van der Waals surface area contributed by atoms with Crippen molar-refractivity contribution in [2.75, 3.05) is 0 Å². The van der Waals surface area contributed by atoms with Gasteiger partial charge in [0.05, 0.1) is 11.5 Å². The van der Waals surface area contributed by atoms with E-state index in [0.29, 0.717) is 0 Å². The molecule has 1 nitrogen and oxygen atoms in total. The molecule has 0 amide bonds. The maximum absolute atomic E-state index is 6.59. The Morgan fingerprint density at radius 3 is 2.35 bits per heavy atom. The summed E-state index contributed by atoms with van der Waals surface area (Å²) >= 11 is 12.4. The minimum absolute atomic E-state index is 0.174. The van der Waals surface area contributed by atoms with Crippen LogP contribution in [0.15, 0.2) is 46.9 Å². The van der Waals surface area contributed by atoms with Gasteiger partial charge in [0.2, 0.25) is 0 Å². The Labute approximate surface area is 146 Å². The van der Waals surface area contributed by atoms with Crippen molar-refractivity contribution in [1.29, 1.82) is 0 Å². The standard InChI is InChI=1S/C16H15BrClIO/c1-10(2)20-13-6-3-11(4-7-13)16(18)14-9-12(19)5-8-15(14)17/h3-10,16H,1-2H3. The molecule has 0 heterocycles. The summed E-state index contributed by atoms with van der Waals surface area (Å²) in [5.41, 5.74) is 2.14. The number of hydrogen-bond donors (Lipinski definition) is 0. The van der Waals surface area contributed by atoms with Crippen LogP contribution >= 0.6 is 50.1 Å². The van der Waals surface area contributed by atoms with Crippen LogP contribution in [-0.4, -0.2) is 6.10 Å². The largest absolute Gasteiger partial charge is 0.491 e. The van der Waals surface area contributed by atoms with Gasteiger partial charge in [-0.05, 0) is 77.9 Å². The molecular weight excluding hydrogens is 450 g/mol. The van der Waals surface area contributed by atoms with Gasteiger partial charge in [0.1, 0.15) is 5.75 Å². The fourth-order valence-corrected chi connectivity index (χ4v) is 3.32. The predicted octanol–water partition coefficient (Wildman–Crippen LogP) is 6.17. The van der Waals surface area contributed by atoms with Crippen LogP contribution in [0.4, 0.5) is 0 Å². The fraction of sp³-hybridized carbons (Fsp3) is 0.250. The molecular formula is C16H15BrClIO. The maximum atomic E-state index is 6.59. The molecule has 2 aromatic carbocycles. The third-order valence-corrected chi connectivity index (χ3v) is 4.66. The zero-order valence-corrected chi connectivity index (χ0v) is 15.7. The van der Waals surface area contributed by atoms with Crippen LogP contribution in [0.25, 0.3) is 0 Å². The van der Waals surface area contributed by atoms with Gasteiger partial charge in [0.15, 0.2) is 0 Å². The molecule has 0 N–H and O–H groups in total. The second-order valence-electron chi connectivity index (χ2n) is 4.76. The first-order valence-corrected chi connectivity index (χ1v) is 8.64. The Morgan fingerprint density at radius 2 is 1.75 bits per heavy atom. The Hall–Kier alpha value is -0.260.